The van der Waals surface area contributed by atoms with E-state index in [1.807, 2.05) is 0 Å². The number of rotatable bonds is 5. The number of hydrogen-bond donors (Lipinski definition) is 2. The Labute approximate surface area is 184 Å². The van der Waals surface area contributed by atoms with Crippen molar-refractivity contribution in [3.05, 3.63) is 12.2 Å². The van der Waals surface area contributed by atoms with Crippen LogP contribution in [0.25, 0.3) is 0 Å². The molecule has 7 unspecified atom stereocenters. The first kappa shape index (κ1) is 21.6. The topological polar surface area (TPSA) is 58.2 Å². The van der Waals surface area contributed by atoms with E-state index in [0.717, 1.165) is 19.3 Å². The average molecular weight is 514 g/mol. The first-order chi connectivity index (χ1) is 13.8. The van der Waals surface area contributed by atoms with Crippen molar-refractivity contribution in [2.75, 3.05) is 9.36 Å². The molecule has 3 aliphatic carbocycles. The van der Waals surface area contributed by atoms with Gasteiger partial charge in [0.2, 0.25) is 0 Å². The third-order valence-electron chi connectivity index (χ3n) is 9.03. The molecule has 29 heavy (non-hydrogen) atoms. The van der Waals surface area contributed by atoms with Gasteiger partial charge < -0.3 is 0 Å². The molecule has 3 fully saturated rings. The van der Waals surface area contributed by atoms with Crippen molar-refractivity contribution in [2.24, 2.45) is 34.5 Å². The summed E-state index contributed by atoms with van der Waals surface area (Å²) in [7, 11) is 0. The van der Waals surface area contributed by atoms with Crippen molar-refractivity contribution in [3.63, 3.8) is 0 Å². The van der Waals surface area contributed by atoms with E-state index in [1.54, 1.807) is 6.08 Å². The van der Waals surface area contributed by atoms with Gasteiger partial charge in [0.05, 0.1) is 0 Å². The molecule has 0 bridgehead atoms. The summed E-state index contributed by atoms with van der Waals surface area (Å²) in [6, 6.07) is 0.289. The number of alkyl halides is 2. The molecule has 3 saturated carbocycles. The van der Waals surface area contributed by atoms with Gasteiger partial charge in [0.15, 0.2) is 0 Å². The van der Waals surface area contributed by atoms with Crippen molar-refractivity contribution < 1.29 is 9.59 Å². The fourth-order valence-electron chi connectivity index (χ4n) is 7.37. The van der Waals surface area contributed by atoms with E-state index in [-0.39, 0.29) is 28.7 Å². The number of fused-ring (bicyclic) bond motifs is 5. The SMILES string of the molecule is CCCCI(C)NC(=O)C1CCC2C3CCC4NC(=O)C=CC4(C)C3CCC12C. The Morgan fingerprint density at radius 2 is 2.00 bits per heavy atom. The number of unbranched alkanes of at least 4 members (excludes halogenated alkanes) is 1. The van der Waals surface area contributed by atoms with Crippen molar-refractivity contribution in [3.8, 4) is 0 Å². The zero-order valence-electron chi connectivity index (χ0n) is 18.6. The Hall–Kier alpha value is -0.590. The Balaban J connectivity index is 1.49. The van der Waals surface area contributed by atoms with Gasteiger partial charge in [-0.15, -0.1) is 0 Å². The molecular formula is C24H39IN2O2. The molecule has 4 nitrogen and oxygen atoms in total. The minimum absolute atomic E-state index is 0.0751. The Morgan fingerprint density at radius 1 is 1.21 bits per heavy atom. The molecule has 0 aromatic heterocycles. The van der Waals surface area contributed by atoms with Crippen LogP contribution in [0, 0.1) is 34.5 Å². The van der Waals surface area contributed by atoms with E-state index in [0.29, 0.717) is 23.7 Å². The molecule has 4 aliphatic rings. The molecule has 2 N–H and O–H groups in total. The van der Waals surface area contributed by atoms with Gasteiger partial charge in [-0.05, 0) is 0 Å². The molecule has 164 valence electrons. The molecule has 7 atom stereocenters. The molecule has 1 aliphatic heterocycles. The standard InChI is InChI=1S/C24H39IN2O2/c1-5-6-15-25(4)27-22(29)19-9-8-17-16-7-10-20-24(3,14-12-21(28)26-20)18(16)11-13-23(17,19)2/h12,14,16-20H,5-11,13,15H2,1-4H3,(H,26,28)(H,27,29). The number of amides is 2. The van der Waals surface area contributed by atoms with Crippen LogP contribution >= 0.6 is 20.1 Å². The van der Waals surface area contributed by atoms with Crippen LogP contribution < -0.4 is 8.85 Å². The average Bonchev–Trinajstić information content (AvgIpc) is 3.04. The fraction of sp³-hybridized carbons (Fsp3) is 0.833. The molecule has 0 aromatic carbocycles. The van der Waals surface area contributed by atoms with Crippen LogP contribution in [0.5, 0.6) is 0 Å². The zero-order valence-corrected chi connectivity index (χ0v) is 20.8. The Morgan fingerprint density at radius 3 is 2.76 bits per heavy atom. The number of halogens is 1. The van der Waals surface area contributed by atoms with E-state index in [2.05, 4.69) is 40.6 Å². The molecule has 0 spiro atoms. The molecule has 0 radical (unpaired) electrons. The van der Waals surface area contributed by atoms with Gasteiger partial charge in [0.1, 0.15) is 0 Å². The second-order valence-electron chi connectivity index (χ2n) is 10.5. The van der Waals surface area contributed by atoms with Gasteiger partial charge in [0, 0.05) is 0 Å². The summed E-state index contributed by atoms with van der Waals surface area (Å²) in [6.45, 7) is 7.03. The van der Waals surface area contributed by atoms with Gasteiger partial charge in [-0.1, -0.05) is 0 Å². The first-order valence-corrected chi connectivity index (χ1v) is 16.4. The monoisotopic (exact) mass is 514 g/mol. The van der Waals surface area contributed by atoms with Crippen molar-refractivity contribution in [2.45, 2.75) is 78.2 Å². The number of carbonyl (C=O) groups excluding carboxylic acids is 2. The maximum atomic E-state index is 13.2. The van der Waals surface area contributed by atoms with Crippen LogP contribution in [-0.4, -0.2) is 27.2 Å². The Kier molecular flexibility index (Phi) is 6.09. The molecule has 5 heteroatoms. The summed E-state index contributed by atoms with van der Waals surface area (Å²) < 4.78 is 4.74. The van der Waals surface area contributed by atoms with Crippen LogP contribution in [0.3, 0.4) is 0 Å². The van der Waals surface area contributed by atoms with Gasteiger partial charge in [-0.3, -0.25) is 0 Å². The zero-order chi connectivity index (χ0) is 20.8. The van der Waals surface area contributed by atoms with Crippen LogP contribution in [0.15, 0.2) is 12.2 Å². The van der Waals surface area contributed by atoms with Gasteiger partial charge >= 0.3 is 185 Å². The summed E-state index contributed by atoms with van der Waals surface area (Å²) >= 11 is -1.31. The predicted octanol–water partition coefficient (Wildman–Crippen LogP) is 4.87. The first-order valence-electron chi connectivity index (χ1n) is 11.7. The van der Waals surface area contributed by atoms with Crippen LogP contribution in [-0.2, 0) is 9.59 Å². The number of nitrogens with one attached hydrogen (secondary N) is 2. The van der Waals surface area contributed by atoms with E-state index < -0.39 is 20.1 Å². The normalized spacial score (nSPS) is 43.7. The van der Waals surface area contributed by atoms with Crippen molar-refractivity contribution >= 4 is 31.9 Å². The molecule has 4 rings (SSSR count). The third-order valence-corrected chi connectivity index (χ3v) is 12.9. The number of carbonyl (C=O) groups is 2. The van der Waals surface area contributed by atoms with E-state index >= 15 is 0 Å². The van der Waals surface area contributed by atoms with Gasteiger partial charge in [-0.25, -0.2) is 0 Å². The third kappa shape index (κ3) is 3.67. The van der Waals surface area contributed by atoms with E-state index in [9.17, 15) is 9.59 Å². The minimum atomic E-state index is -1.31. The van der Waals surface area contributed by atoms with Crippen molar-refractivity contribution in [1.29, 1.82) is 0 Å². The maximum absolute atomic E-state index is 13.2. The molecule has 0 saturated heterocycles. The van der Waals surface area contributed by atoms with Crippen LogP contribution in [0.1, 0.15) is 72.1 Å². The summed E-state index contributed by atoms with van der Waals surface area (Å²) in [6.07, 6.45) is 13.4. The van der Waals surface area contributed by atoms with Crippen LogP contribution in [0.4, 0.5) is 0 Å². The number of hydrogen-bond acceptors (Lipinski definition) is 2. The van der Waals surface area contributed by atoms with E-state index in [4.69, 9.17) is 0 Å². The van der Waals surface area contributed by atoms with Gasteiger partial charge in [-0.2, -0.15) is 0 Å². The quantitative estimate of drug-likeness (QED) is 0.313. The summed E-state index contributed by atoms with van der Waals surface area (Å²) in [5, 5.41) is 3.24. The van der Waals surface area contributed by atoms with Crippen LogP contribution in [0.2, 0.25) is 0 Å². The second-order valence-corrected chi connectivity index (χ2v) is 15.5. The Bertz CT molecular complexity index is 694. The van der Waals surface area contributed by atoms with Crippen molar-refractivity contribution in [1.82, 2.24) is 8.85 Å². The fourth-order valence-corrected chi connectivity index (χ4v) is 10.8. The molecular weight excluding hydrogens is 475 g/mol. The molecule has 1 heterocycles. The molecule has 2 amide bonds. The van der Waals surface area contributed by atoms with Gasteiger partial charge in [0.25, 0.3) is 0 Å². The summed E-state index contributed by atoms with van der Waals surface area (Å²) in [5.74, 6) is 2.66. The predicted molar refractivity (Wildman–Crippen MR) is 127 cm³/mol. The summed E-state index contributed by atoms with van der Waals surface area (Å²) in [5.41, 5.74) is 0.249. The second kappa shape index (κ2) is 8.16. The summed E-state index contributed by atoms with van der Waals surface area (Å²) in [4.78, 5) is 27.4. The van der Waals surface area contributed by atoms with E-state index in [1.165, 1.54) is 36.5 Å². The molecule has 0 aromatic rings.